The molecule has 4 nitrogen and oxygen atoms in total. The van der Waals surface area contributed by atoms with Gasteiger partial charge in [-0.15, -0.1) is 0 Å². The number of hydrogen-bond donors (Lipinski definition) is 0. The first kappa shape index (κ1) is 27.2. The van der Waals surface area contributed by atoms with Gasteiger partial charge in [-0.1, -0.05) is 69.2 Å². The van der Waals surface area contributed by atoms with Gasteiger partial charge in [-0.3, -0.25) is 0 Å². The van der Waals surface area contributed by atoms with E-state index >= 15 is 0 Å². The highest BCUT2D eigenvalue weighted by atomic mass is 32.5. The molecule has 8 heteroatoms. The predicted molar refractivity (Wildman–Crippen MR) is 129 cm³/mol. The van der Waals surface area contributed by atoms with Crippen LogP contribution in [0.5, 0.6) is 0 Å². The lowest BCUT2D eigenvalue weighted by atomic mass is 9.82. The van der Waals surface area contributed by atoms with Gasteiger partial charge in [0.05, 0.1) is 26.4 Å². The van der Waals surface area contributed by atoms with Crippen molar-refractivity contribution in [3.63, 3.8) is 0 Å². The van der Waals surface area contributed by atoms with Crippen molar-refractivity contribution in [1.29, 1.82) is 0 Å². The standard InChI is InChI=1S/2C10H21O2PS/c2*1-8(2)13(14)11-6-9(7-12-13)10(3,4)5/h2*8-9H,6-7H2,1-5H3. The zero-order chi connectivity index (χ0) is 22.0. The Morgan fingerprint density at radius 2 is 0.821 bits per heavy atom. The van der Waals surface area contributed by atoms with E-state index in [9.17, 15) is 0 Å². The third-order valence-corrected chi connectivity index (χ3v) is 13.9. The van der Waals surface area contributed by atoms with E-state index in [0.717, 1.165) is 26.4 Å². The quantitative estimate of drug-likeness (QED) is 0.410. The molecule has 2 heterocycles. The second-order valence-electron chi connectivity index (χ2n) is 10.6. The van der Waals surface area contributed by atoms with Gasteiger partial charge in [0.2, 0.25) is 0 Å². The molecule has 0 aromatic rings. The van der Waals surface area contributed by atoms with Crippen LogP contribution in [0.2, 0.25) is 0 Å². The maximum absolute atomic E-state index is 5.77. The van der Waals surface area contributed by atoms with Gasteiger partial charge in [0.1, 0.15) is 0 Å². The van der Waals surface area contributed by atoms with Crippen LogP contribution in [0.15, 0.2) is 0 Å². The van der Waals surface area contributed by atoms with Crippen molar-refractivity contribution in [2.24, 2.45) is 22.7 Å². The van der Waals surface area contributed by atoms with Gasteiger partial charge in [-0.25, -0.2) is 0 Å². The highest BCUT2D eigenvalue weighted by Crippen LogP contribution is 2.58. The zero-order valence-electron chi connectivity index (χ0n) is 19.5. The summed E-state index contributed by atoms with van der Waals surface area (Å²) in [6, 6.07) is 0. The van der Waals surface area contributed by atoms with Crippen LogP contribution in [-0.2, 0) is 41.7 Å². The summed E-state index contributed by atoms with van der Waals surface area (Å²) in [4.78, 5) is 0. The third kappa shape index (κ3) is 7.68. The fraction of sp³-hybridized carbons (Fsp3) is 1.00. The SMILES string of the molecule is CC(C)P1(=S)OCC(C(C)(C)C)CO1.CC(C)P1(=S)OCC(C(C)(C)C)CO1. The van der Waals surface area contributed by atoms with Crippen molar-refractivity contribution < 1.29 is 18.1 Å². The van der Waals surface area contributed by atoms with E-state index in [1.165, 1.54) is 0 Å². The first-order valence-corrected chi connectivity index (χ1v) is 15.7. The van der Waals surface area contributed by atoms with Gasteiger partial charge >= 0.3 is 0 Å². The van der Waals surface area contributed by atoms with E-state index in [1.54, 1.807) is 0 Å². The molecule has 0 spiro atoms. The zero-order valence-corrected chi connectivity index (χ0v) is 22.9. The lowest BCUT2D eigenvalue weighted by Gasteiger charge is -2.39. The Hall–Kier alpha value is 1.14. The van der Waals surface area contributed by atoms with Crippen LogP contribution >= 0.6 is 13.0 Å². The van der Waals surface area contributed by atoms with E-state index in [0.29, 0.717) is 23.2 Å². The van der Waals surface area contributed by atoms with Gasteiger partial charge in [-0.2, -0.15) is 0 Å². The van der Waals surface area contributed by atoms with Crippen LogP contribution in [0.3, 0.4) is 0 Å². The van der Waals surface area contributed by atoms with Crippen LogP contribution in [0.4, 0.5) is 0 Å². The topological polar surface area (TPSA) is 36.9 Å². The monoisotopic (exact) mass is 472 g/mol. The fourth-order valence-corrected chi connectivity index (χ4v) is 6.17. The maximum Gasteiger partial charge on any atom is 0.191 e. The molecule has 0 aliphatic carbocycles. The lowest BCUT2D eigenvalue weighted by molar-refractivity contribution is 0.0492. The molecule has 168 valence electrons. The minimum Gasteiger partial charge on any atom is -0.329 e. The minimum absolute atomic E-state index is 0.248. The largest absolute Gasteiger partial charge is 0.329 e. The van der Waals surface area contributed by atoms with Crippen molar-refractivity contribution in [1.82, 2.24) is 0 Å². The van der Waals surface area contributed by atoms with Gasteiger partial charge in [-0.05, 0) is 34.4 Å². The highest BCUT2D eigenvalue weighted by Gasteiger charge is 2.37. The first-order chi connectivity index (χ1) is 12.5. The molecule has 0 radical (unpaired) electrons. The van der Waals surface area contributed by atoms with E-state index in [1.807, 2.05) is 0 Å². The summed E-state index contributed by atoms with van der Waals surface area (Å²) in [6.07, 6.45) is 0. The first-order valence-electron chi connectivity index (χ1n) is 10.3. The van der Waals surface area contributed by atoms with Crippen LogP contribution in [0.1, 0.15) is 69.2 Å². The summed E-state index contributed by atoms with van der Waals surface area (Å²) in [5.74, 6) is 0.939. The fourth-order valence-electron chi connectivity index (χ4n) is 2.54. The molecule has 2 aliphatic heterocycles. The number of rotatable bonds is 2. The summed E-state index contributed by atoms with van der Waals surface area (Å²) in [5.41, 5.74) is 1.16. The van der Waals surface area contributed by atoms with Gasteiger partial charge < -0.3 is 18.1 Å². The summed E-state index contributed by atoms with van der Waals surface area (Å²) < 4.78 is 23.1. The molecule has 0 bridgehead atoms. The summed E-state index contributed by atoms with van der Waals surface area (Å²) >= 11 is 10.8. The van der Waals surface area contributed by atoms with Gasteiger partial charge in [0.25, 0.3) is 0 Å². The van der Waals surface area contributed by atoms with Crippen molar-refractivity contribution in [2.75, 3.05) is 26.4 Å². The molecule has 0 aromatic heterocycles. The smallest absolute Gasteiger partial charge is 0.191 e. The molecule has 0 unspecified atom stereocenters. The van der Waals surface area contributed by atoms with Crippen LogP contribution in [0, 0.1) is 22.7 Å². The molecule has 28 heavy (non-hydrogen) atoms. The van der Waals surface area contributed by atoms with E-state index in [-0.39, 0.29) is 10.8 Å². The second kappa shape index (κ2) is 10.2. The Kier molecular flexibility index (Phi) is 9.87. The summed E-state index contributed by atoms with van der Waals surface area (Å²) in [6.45, 7) is 20.8. The van der Waals surface area contributed by atoms with Crippen molar-refractivity contribution in [3.05, 3.63) is 0 Å². The summed E-state index contributed by atoms with van der Waals surface area (Å²) in [7, 11) is 0. The molecule has 2 aliphatic rings. The molecular formula is C20H42O4P2S2. The Labute approximate surface area is 184 Å². The van der Waals surface area contributed by atoms with Gasteiger partial charge in [0.15, 0.2) is 13.0 Å². The molecule has 2 rings (SSSR count). The lowest BCUT2D eigenvalue weighted by Crippen LogP contribution is -2.33. The average Bonchev–Trinajstić information content (AvgIpc) is 2.54. The van der Waals surface area contributed by atoms with Crippen LogP contribution in [-0.4, -0.2) is 37.7 Å². The Morgan fingerprint density at radius 1 is 0.607 bits per heavy atom. The third-order valence-electron chi connectivity index (χ3n) is 5.54. The van der Waals surface area contributed by atoms with Gasteiger partial charge in [0, 0.05) is 23.2 Å². The molecule has 0 atom stereocenters. The molecule has 2 fully saturated rings. The van der Waals surface area contributed by atoms with Crippen molar-refractivity contribution in [3.8, 4) is 0 Å². The highest BCUT2D eigenvalue weighted by molar-refractivity contribution is 8.10. The van der Waals surface area contributed by atoms with Crippen molar-refractivity contribution >= 4 is 36.6 Å². The van der Waals surface area contributed by atoms with E-state index in [2.05, 4.69) is 69.2 Å². The van der Waals surface area contributed by atoms with Crippen molar-refractivity contribution in [2.45, 2.75) is 80.6 Å². The molecule has 2 saturated heterocycles. The molecule has 0 amide bonds. The molecule has 0 N–H and O–H groups in total. The van der Waals surface area contributed by atoms with Crippen LogP contribution in [0.25, 0.3) is 0 Å². The normalized spacial score (nSPS) is 34.9. The average molecular weight is 473 g/mol. The van der Waals surface area contributed by atoms with Crippen LogP contribution < -0.4 is 0 Å². The Bertz CT molecular complexity index is 518. The van der Waals surface area contributed by atoms with E-state index < -0.39 is 13.0 Å². The maximum atomic E-state index is 5.77. The minimum atomic E-state index is -1.96. The molecular weight excluding hydrogens is 430 g/mol. The second-order valence-corrected chi connectivity index (χ2v) is 18.9. The molecule has 0 aromatic carbocycles. The Morgan fingerprint density at radius 3 is 0.964 bits per heavy atom. The summed E-state index contributed by atoms with van der Waals surface area (Å²) in [5, 5.41) is 0. The number of hydrogen-bond acceptors (Lipinski definition) is 6. The Balaban J connectivity index is 0.000000280. The predicted octanol–water partition coefficient (Wildman–Crippen LogP) is 6.83. The van der Waals surface area contributed by atoms with E-state index in [4.69, 9.17) is 41.7 Å². The molecule has 0 saturated carbocycles.